The summed E-state index contributed by atoms with van der Waals surface area (Å²) in [5.41, 5.74) is -0.368. The first-order valence-corrected chi connectivity index (χ1v) is 12.4. The second-order valence-electron chi connectivity index (χ2n) is 9.35. The van der Waals surface area contributed by atoms with E-state index in [1.54, 1.807) is 30.9 Å². The molecule has 210 valence electrons. The molecule has 0 radical (unpaired) electrons. The Morgan fingerprint density at radius 3 is 2.77 bits per heavy atom. The smallest absolute Gasteiger partial charge is 0.298 e. The number of fused-ring (bicyclic) bond motifs is 1. The fourth-order valence-electron chi connectivity index (χ4n) is 4.46. The quantitative estimate of drug-likeness (QED) is 0.414. The van der Waals surface area contributed by atoms with Crippen molar-refractivity contribution >= 4 is 22.6 Å². The minimum absolute atomic E-state index is 0.0144. The van der Waals surface area contributed by atoms with Crippen molar-refractivity contribution in [3.05, 3.63) is 53.1 Å². The van der Waals surface area contributed by atoms with Crippen molar-refractivity contribution in [1.29, 1.82) is 0 Å². The van der Waals surface area contributed by atoms with Crippen LogP contribution < -0.4 is 14.8 Å². The molecule has 9 nitrogen and oxygen atoms in total. The number of carbonyl (C=O) groups excluding carboxylic acids is 1. The number of amides is 1. The van der Waals surface area contributed by atoms with Crippen molar-refractivity contribution in [2.75, 3.05) is 45.3 Å². The van der Waals surface area contributed by atoms with Gasteiger partial charge in [0, 0.05) is 30.5 Å². The van der Waals surface area contributed by atoms with Crippen LogP contribution in [0.1, 0.15) is 36.8 Å². The van der Waals surface area contributed by atoms with E-state index in [-0.39, 0.29) is 24.2 Å². The van der Waals surface area contributed by atoms with Crippen molar-refractivity contribution in [2.24, 2.45) is 0 Å². The van der Waals surface area contributed by atoms with Gasteiger partial charge < -0.3 is 29.5 Å². The molecule has 3 aromatic rings. The molecule has 2 atom stereocenters. The molecular formula is C27H31F3N4O5. The Hall–Kier alpha value is -3.64. The maximum atomic E-state index is 15.1. The molecule has 0 aliphatic carbocycles. The Kier molecular flexibility index (Phi) is 8.45. The number of aryl methyl sites for hydroxylation is 1. The van der Waals surface area contributed by atoms with Gasteiger partial charge in [0.05, 0.1) is 37.4 Å². The third kappa shape index (κ3) is 6.17. The van der Waals surface area contributed by atoms with Gasteiger partial charge in [-0.25, -0.2) is 14.4 Å². The number of hydrogen-bond acceptors (Lipinski definition) is 8. The number of methoxy groups -OCH3 is 1. The number of alkyl halides is 2. The molecular weight excluding hydrogens is 517 g/mol. The summed E-state index contributed by atoms with van der Waals surface area (Å²) in [7, 11) is 1.50. The number of aromatic nitrogens is 2. The summed E-state index contributed by atoms with van der Waals surface area (Å²) < 4.78 is 60.5. The maximum Gasteiger partial charge on any atom is 0.298 e. The molecule has 1 aliphatic heterocycles. The van der Waals surface area contributed by atoms with Gasteiger partial charge in [-0.1, -0.05) is 12.1 Å². The molecule has 2 heterocycles. The molecule has 39 heavy (non-hydrogen) atoms. The Balaban J connectivity index is 1.63. The molecule has 0 saturated carbocycles. The van der Waals surface area contributed by atoms with Crippen molar-refractivity contribution in [1.82, 2.24) is 14.9 Å². The number of halogens is 3. The lowest BCUT2D eigenvalue weighted by molar-refractivity contribution is -0.137. The first-order chi connectivity index (χ1) is 18.5. The minimum atomic E-state index is -3.72. The number of rotatable bonds is 9. The third-order valence-corrected chi connectivity index (χ3v) is 6.54. The standard InChI is InChI=1S/C27H31F3N4O5/c1-15(19-6-5-7-21(25(19)28)27(29,30)14-35)31-26-20-10-24(23(37-4)11-22(20)32-16(2)33-26)39-13-18-12-34(17(3)36)8-9-38-18/h5-7,10-11,15,18,35H,8-9,12-14H2,1-4H3,(H,31,32,33)/t15-,18-/m1/s1. The van der Waals surface area contributed by atoms with Crippen molar-refractivity contribution in [3.8, 4) is 11.5 Å². The number of nitrogens with one attached hydrogen (secondary N) is 1. The molecule has 12 heteroatoms. The van der Waals surface area contributed by atoms with Crippen molar-refractivity contribution in [2.45, 2.75) is 38.8 Å². The van der Waals surface area contributed by atoms with E-state index in [0.29, 0.717) is 53.7 Å². The summed E-state index contributed by atoms with van der Waals surface area (Å²) in [6, 6.07) is 6.26. The lowest BCUT2D eigenvalue weighted by atomic mass is 10.00. The van der Waals surface area contributed by atoms with Crippen LogP contribution in [0.25, 0.3) is 10.9 Å². The first kappa shape index (κ1) is 28.4. The van der Waals surface area contributed by atoms with Gasteiger partial charge in [-0.15, -0.1) is 0 Å². The highest BCUT2D eigenvalue weighted by atomic mass is 19.3. The number of aliphatic hydroxyl groups excluding tert-OH is 1. The lowest BCUT2D eigenvalue weighted by Crippen LogP contribution is -2.46. The van der Waals surface area contributed by atoms with Gasteiger partial charge >= 0.3 is 0 Å². The van der Waals surface area contributed by atoms with Crippen LogP contribution in [0, 0.1) is 12.7 Å². The second kappa shape index (κ2) is 11.6. The summed E-state index contributed by atoms with van der Waals surface area (Å²) in [5.74, 6) is -3.29. The predicted molar refractivity (Wildman–Crippen MR) is 138 cm³/mol. The molecule has 0 bridgehead atoms. The normalized spacial score (nSPS) is 16.7. The van der Waals surface area contributed by atoms with Crippen molar-refractivity contribution < 1.29 is 37.3 Å². The zero-order chi connectivity index (χ0) is 28.3. The van der Waals surface area contributed by atoms with Gasteiger partial charge in [0.1, 0.15) is 36.8 Å². The number of ether oxygens (including phenoxy) is 3. The number of aliphatic hydroxyl groups is 1. The fraction of sp³-hybridized carbons (Fsp3) is 0.444. The molecule has 0 spiro atoms. The van der Waals surface area contributed by atoms with Crippen LogP contribution >= 0.6 is 0 Å². The Bertz CT molecular complexity index is 1360. The molecule has 1 aliphatic rings. The molecule has 2 N–H and O–H groups in total. The zero-order valence-electron chi connectivity index (χ0n) is 22.1. The largest absolute Gasteiger partial charge is 0.493 e. The van der Waals surface area contributed by atoms with E-state index < -0.39 is 30.0 Å². The first-order valence-electron chi connectivity index (χ1n) is 12.4. The van der Waals surface area contributed by atoms with E-state index in [0.717, 1.165) is 6.07 Å². The monoisotopic (exact) mass is 548 g/mol. The number of nitrogens with zero attached hydrogens (tertiary/aromatic N) is 3. The summed E-state index contributed by atoms with van der Waals surface area (Å²) >= 11 is 0. The Morgan fingerprint density at radius 1 is 1.31 bits per heavy atom. The number of benzene rings is 2. The van der Waals surface area contributed by atoms with Gasteiger partial charge in [0.2, 0.25) is 5.91 Å². The lowest BCUT2D eigenvalue weighted by Gasteiger charge is -2.32. The topological polar surface area (TPSA) is 106 Å². The van der Waals surface area contributed by atoms with Crippen LogP contribution in [0.2, 0.25) is 0 Å². The fourth-order valence-corrected chi connectivity index (χ4v) is 4.46. The van der Waals surface area contributed by atoms with Gasteiger partial charge in [-0.3, -0.25) is 4.79 Å². The molecule has 1 saturated heterocycles. The van der Waals surface area contributed by atoms with Crippen LogP contribution in [-0.4, -0.2) is 72.0 Å². The van der Waals surface area contributed by atoms with Gasteiger partial charge in [-0.05, 0) is 26.0 Å². The maximum absolute atomic E-state index is 15.1. The van der Waals surface area contributed by atoms with Gasteiger partial charge in [0.15, 0.2) is 11.5 Å². The van der Waals surface area contributed by atoms with E-state index >= 15 is 4.39 Å². The summed E-state index contributed by atoms with van der Waals surface area (Å²) in [5, 5.41) is 12.7. The summed E-state index contributed by atoms with van der Waals surface area (Å²) in [6.45, 7) is 4.80. The average molecular weight is 549 g/mol. The number of morpholine rings is 1. The molecule has 0 unspecified atom stereocenters. The Labute approximate surface area is 223 Å². The molecule has 1 fully saturated rings. The van der Waals surface area contributed by atoms with Crippen LogP contribution in [0.3, 0.4) is 0 Å². The van der Waals surface area contributed by atoms with E-state index in [9.17, 15) is 13.6 Å². The van der Waals surface area contributed by atoms with Gasteiger partial charge in [-0.2, -0.15) is 8.78 Å². The van der Waals surface area contributed by atoms with E-state index in [4.69, 9.17) is 19.3 Å². The van der Waals surface area contributed by atoms with Crippen molar-refractivity contribution in [3.63, 3.8) is 0 Å². The van der Waals surface area contributed by atoms with Crippen LogP contribution in [0.15, 0.2) is 30.3 Å². The van der Waals surface area contributed by atoms with Gasteiger partial charge in [0.25, 0.3) is 5.92 Å². The average Bonchev–Trinajstić information content (AvgIpc) is 2.91. The number of anilines is 1. The van der Waals surface area contributed by atoms with E-state index in [1.165, 1.54) is 26.2 Å². The van der Waals surface area contributed by atoms with Crippen LogP contribution in [0.4, 0.5) is 19.0 Å². The predicted octanol–water partition coefficient (Wildman–Crippen LogP) is 3.97. The number of hydrogen-bond donors (Lipinski definition) is 2. The van der Waals surface area contributed by atoms with E-state index in [1.807, 2.05) is 0 Å². The SMILES string of the molecule is COc1cc2nc(C)nc(N[C@H](C)c3cccc(C(F)(F)CO)c3F)c2cc1OC[C@H]1CN(C(C)=O)CCO1. The minimum Gasteiger partial charge on any atom is -0.493 e. The highest BCUT2D eigenvalue weighted by Crippen LogP contribution is 2.37. The third-order valence-electron chi connectivity index (χ3n) is 6.54. The summed E-state index contributed by atoms with van der Waals surface area (Å²) in [4.78, 5) is 22.4. The molecule has 2 aromatic carbocycles. The molecule has 4 rings (SSSR count). The summed E-state index contributed by atoms with van der Waals surface area (Å²) in [6.07, 6.45) is -0.331. The second-order valence-corrected chi connectivity index (χ2v) is 9.35. The zero-order valence-corrected chi connectivity index (χ0v) is 22.1. The molecule has 1 aromatic heterocycles. The highest BCUT2D eigenvalue weighted by Gasteiger charge is 2.35. The Morgan fingerprint density at radius 2 is 2.08 bits per heavy atom. The molecule has 1 amide bonds. The van der Waals surface area contributed by atoms with E-state index in [2.05, 4.69) is 15.3 Å². The highest BCUT2D eigenvalue weighted by molar-refractivity contribution is 5.92. The van der Waals surface area contributed by atoms with Crippen LogP contribution in [0.5, 0.6) is 11.5 Å². The van der Waals surface area contributed by atoms with Crippen LogP contribution in [-0.2, 0) is 15.5 Å². The number of carbonyl (C=O) groups is 1.